The van der Waals surface area contributed by atoms with Crippen LogP contribution >= 0.6 is 0 Å². The molecular formula is C11H20N2O3. The van der Waals surface area contributed by atoms with E-state index in [-0.39, 0.29) is 11.9 Å². The van der Waals surface area contributed by atoms with Crippen molar-refractivity contribution in [2.45, 2.75) is 37.3 Å². The van der Waals surface area contributed by atoms with Gasteiger partial charge in [-0.05, 0) is 19.4 Å². The Morgan fingerprint density at radius 1 is 1.56 bits per heavy atom. The summed E-state index contributed by atoms with van der Waals surface area (Å²) in [5, 5.41) is 16.0. The Hall–Kier alpha value is -0.650. The van der Waals surface area contributed by atoms with Crippen LogP contribution in [0.25, 0.3) is 0 Å². The molecule has 2 unspecified atom stereocenters. The Morgan fingerprint density at radius 3 is 3.06 bits per heavy atom. The zero-order chi connectivity index (χ0) is 11.4. The van der Waals surface area contributed by atoms with Crippen molar-refractivity contribution in [1.29, 1.82) is 0 Å². The maximum absolute atomic E-state index is 11.8. The molecule has 2 fully saturated rings. The third-order valence-electron chi connectivity index (χ3n) is 3.30. The largest absolute Gasteiger partial charge is 0.386 e. The highest BCUT2D eigenvalue weighted by molar-refractivity contribution is 5.81. The van der Waals surface area contributed by atoms with Crippen molar-refractivity contribution in [3.8, 4) is 0 Å². The first-order chi connectivity index (χ1) is 7.70. The topological polar surface area (TPSA) is 70.6 Å². The Morgan fingerprint density at radius 2 is 2.44 bits per heavy atom. The van der Waals surface area contributed by atoms with Crippen LogP contribution < -0.4 is 10.6 Å². The van der Waals surface area contributed by atoms with Crippen LogP contribution in [0.2, 0.25) is 0 Å². The number of hydrogen-bond acceptors (Lipinski definition) is 4. The van der Waals surface area contributed by atoms with E-state index in [0.717, 1.165) is 25.8 Å². The van der Waals surface area contributed by atoms with E-state index in [0.29, 0.717) is 26.2 Å². The summed E-state index contributed by atoms with van der Waals surface area (Å²) >= 11 is 0. The van der Waals surface area contributed by atoms with Crippen molar-refractivity contribution in [3.63, 3.8) is 0 Å². The van der Waals surface area contributed by atoms with Gasteiger partial charge in [0.15, 0.2) is 0 Å². The minimum Gasteiger partial charge on any atom is -0.386 e. The first kappa shape index (κ1) is 11.8. The zero-order valence-corrected chi connectivity index (χ0v) is 9.50. The van der Waals surface area contributed by atoms with Crippen molar-refractivity contribution in [2.75, 3.05) is 26.3 Å². The van der Waals surface area contributed by atoms with E-state index < -0.39 is 5.60 Å². The van der Waals surface area contributed by atoms with Gasteiger partial charge < -0.3 is 20.5 Å². The first-order valence-electron chi connectivity index (χ1n) is 6.01. The van der Waals surface area contributed by atoms with Gasteiger partial charge >= 0.3 is 0 Å². The lowest BCUT2D eigenvalue weighted by Crippen LogP contribution is -2.51. The molecule has 0 spiro atoms. The molecule has 2 atom stereocenters. The first-order valence-corrected chi connectivity index (χ1v) is 6.01. The third-order valence-corrected chi connectivity index (χ3v) is 3.30. The Labute approximate surface area is 95.5 Å². The lowest BCUT2D eigenvalue weighted by atomic mass is 10.0. The lowest BCUT2D eigenvalue weighted by Gasteiger charge is -2.25. The third kappa shape index (κ3) is 2.93. The van der Waals surface area contributed by atoms with Gasteiger partial charge in [0, 0.05) is 19.6 Å². The maximum atomic E-state index is 11.8. The summed E-state index contributed by atoms with van der Waals surface area (Å²) in [4.78, 5) is 11.8. The average Bonchev–Trinajstić information content (AvgIpc) is 2.75. The van der Waals surface area contributed by atoms with Crippen molar-refractivity contribution in [1.82, 2.24) is 10.6 Å². The molecule has 16 heavy (non-hydrogen) atoms. The number of piperidine rings is 1. The van der Waals surface area contributed by atoms with E-state index in [2.05, 4.69) is 10.6 Å². The molecule has 1 amide bonds. The van der Waals surface area contributed by atoms with Gasteiger partial charge in [0.2, 0.25) is 5.91 Å². The van der Waals surface area contributed by atoms with Crippen LogP contribution in [0.1, 0.15) is 25.7 Å². The number of carbonyl (C=O) groups excluding carboxylic acids is 1. The number of ether oxygens (including phenoxy) is 1. The molecule has 0 radical (unpaired) electrons. The standard InChI is InChI=1S/C11H20N2O3/c14-10(9-3-1-2-5-12-9)13-7-11(15)4-6-16-8-11/h9,12,15H,1-8H2,(H,13,14). The van der Waals surface area contributed by atoms with Crippen LogP contribution in [0.5, 0.6) is 0 Å². The molecular weight excluding hydrogens is 208 g/mol. The average molecular weight is 228 g/mol. The molecule has 5 heteroatoms. The van der Waals surface area contributed by atoms with E-state index in [4.69, 9.17) is 4.74 Å². The van der Waals surface area contributed by atoms with E-state index in [1.807, 2.05) is 0 Å². The number of rotatable bonds is 3. The van der Waals surface area contributed by atoms with Crippen LogP contribution in [0.4, 0.5) is 0 Å². The predicted molar refractivity (Wildman–Crippen MR) is 59.0 cm³/mol. The monoisotopic (exact) mass is 228 g/mol. The van der Waals surface area contributed by atoms with Gasteiger partial charge in [0.05, 0.1) is 12.6 Å². The van der Waals surface area contributed by atoms with E-state index >= 15 is 0 Å². The zero-order valence-electron chi connectivity index (χ0n) is 9.50. The Bertz CT molecular complexity index is 246. The summed E-state index contributed by atoms with van der Waals surface area (Å²) in [6.07, 6.45) is 3.73. The van der Waals surface area contributed by atoms with Crippen LogP contribution in [0.3, 0.4) is 0 Å². The van der Waals surface area contributed by atoms with Crippen molar-refractivity contribution in [3.05, 3.63) is 0 Å². The van der Waals surface area contributed by atoms with Crippen molar-refractivity contribution < 1.29 is 14.6 Å². The van der Waals surface area contributed by atoms with Gasteiger partial charge in [-0.1, -0.05) is 6.42 Å². The van der Waals surface area contributed by atoms with Gasteiger partial charge in [-0.2, -0.15) is 0 Å². The highest BCUT2D eigenvalue weighted by atomic mass is 16.5. The van der Waals surface area contributed by atoms with Gasteiger partial charge in [0.1, 0.15) is 5.60 Å². The molecule has 5 nitrogen and oxygen atoms in total. The summed E-state index contributed by atoms with van der Waals surface area (Å²) in [6.45, 7) is 2.11. The molecule has 0 aromatic rings. The predicted octanol–water partition coefficient (Wildman–Crippen LogP) is -0.604. The number of aliphatic hydroxyl groups is 1. The summed E-state index contributed by atoms with van der Waals surface area (Å²) in [6, 6.07) is -0.0836. The van der Waals surface area contributed by atoms with Crippen LogP contribution in [0, 0.1) is 0 Å². The summed E-state index contributed by atoms with van der Waals surface area (Å²) < 4.78 is 5.12. The maximum Gasteiger partial charge on any atom is 0.237 e. The minimum atomic E-state index is -0.857. The molecule has 3 N–H and O–H groups in total. The molecule has 0 aromatic carbocycles. The second-order valence-electron chi connectivity index (χ2n) is 4.75. The number of hydrogen-bond donors (Lipinski definition) is 3. The molecule has 0 saturated carbocycles. The van der Waals surface area contributed by atoms with Gasteiger partial charge in [-0.25, -0.2) is 0 Å². The van der Waals surface area contributed by atoms with Crippen molar-refractivity contribution in [2.24, 2.45) is 0 Å². The van der Waals surface area contributed by atoms with Crippen molar-refractivity contribution >= 4 is 5.91 Å². The van der Waals surface area contributed by atoms with Gasteiger partial charge in [0.25, 0.3) is 0 Å². The number of amides is 1. The fraction of sp³-hybridized carbons (Fsp3) is 0.909. The van der Waals surface area contributed by atoms with E-state index in [1.165, 1.54) is 0 Å². The molecule has 0 aliphatic carbocycles. The van der Waals surface area contributed by atoms with Crippen LogP contribution in [-0.4, -0.2) is 49.0 Å². The molecule has 2 aliphatic rings. The molecule has 0 aromatic heterocycles. The molecule has 2 aliphatic heterocycles. The molecule has 92 valence electrons. The Kier molecular flexibility index (Phi) is 3.78. The van der Waals surface area contributed by atoms with Gasteiger partial charge in [-0.15, -0.1) is 0 Å². The van der Waals surface area contributed by atoms with E-state index in [9.17, 15) is 9.90 Å². The SMILES string of the molecule is O=C(NCC1(O)CCOC1)C1CCCCN1. The molecule has 0 bridgehead atoms. The fourth-order valence-corrected chi connectivity index (χ4v) is 2.19. The van der Waals surface area contributed by atoms with E-state index in [1.54, 1.807) is 0 Å². The van der Waals surface area contributed by atoms with Gasteiger partial charge in [-0.3, -0.25) is 4.79 Å². The second-order valence-corrected chi connectivity index (χ2v) is 4.75. The smallest absolute Gasteiger partial charge is 0.237 e. The normalized spacial score (nSPS) is 34.9. The Balaban J connectivity index is 1.74. The number of carbonyl (C=O) groups is 1. The quantitative estimate of drug-likeness (QED) is 0.603. The summed E-state index contributed by atoms with van der Waals surface area (Å²) in [5.74, 6) is 0.0000231. The minimum absolute atomic E-state index is 0.0000231. The summed E-state index contributed by atoms with van der Waals surface area (Å²) in [7, 11) is 0. The highest BCUT2D eigenvalue weighted by Gasteiger charge is 2.33. The molecule has 2 rings (SSSR count). The fourth-order valence-electron chi connectivity index (χ4n) is 2.19. The van der Waals surface area contributed by atoms with Crippen LogP contribution in [-0.2, 0) is 9.53 Å². The highest BCUT2D eigenvalue weighted by Crippen LogP contribution is 2.17. The summed E-state index contributed by atoms with van der Waals surface area (Å²) in [5.41, 5.74) is -0.857. The molecule has 2 saturated heterocycles. The lowest BCUT2D eigenvalue weighted by molar-refractivity contribution is -0.124. The van der Waals surface area contributed by atoms with Crippen LogP contribution in [0.15, 0.2) is 0 Å². The molecule has 2 heterocycles. The second kappa shape index (κ2) is 5.12. The number of nitrogens with one attached hydrogen (secondary N) is 2.